The Bertz CT molecular complexity index is 1210. The van der Waals surface area contributed by atoms with E-state index in [0.717, 1.165) is 36.4 Å². The van der Waals surface area contributed by atoms with E-state index < -0.39 is 12.1 Å². The first-order valence-electron chi connectivity index (χ1n) is 10.4. The molecule has 0 spiro atoms. The zero-order chi connectivity index (χ0) is 25.1. The van der Waals surface area contributed by atoms with Crippen LogP contribution in [-0.2, 0) is 11.3 Å². The fourth-order valence-corrected chi connectivity index (χ4v) is 4.76. The molecule has 1 aliphatic heterocycles. The second kappa shape index (κ2) is 10.2. The number of aromatic nitrogens is 2. The molecule has 1 atom stereocenters. The number of benzene rings is 1. The largest absolute Gasteiger partial charge is 0.490 e. The normalized spacial score (nSPS) is 19.0. The number of piperidine rings is 1. The zero-order valence-electron chi connectivity index (χ0n) is 18.3. The fourth-order valence-electron chi connectivity index (χ4n) is 3.76. The van der Waals surface area contributed by atoms with Gasteiger partial charge in [0, 0.05) is 11.4 Å². The van der Waals surface area contributed by atoms with Crippen molar-refractivity contribution in [3.8, 4) is 10.4 Å². The predicted molar refractivity (Wildman–Crippen MR) is 121 cm³/mol. The maximum Gasteiger partial charge on any atom is 0.490 e. The number of nitrogens with two attached hydrogens (primary N) is 1. The third-order valence-electron chi connectivity index (χ3n) is 5.53. The van der Waals surface area contributed by atoms with Gasteiger partial charge >= 0.3 is 12.1 Å². The molecule has 0 saturated carbocycles. The number of carbonyl (C=O) groups is 1. The number of likely N-dealkylation sites (tertiary alicyclic amines) is 1. The summed E-state index contributed by atoms with van der Waals surface area (Å²) in [4.78, 5) is 32.3. The van der Waals surface area contributed by atoms with Crippen molar-refractivity contribution < 1.29 is 27.5 Å². The highest BCUT2D eigenvalue weighted by atomic mass is 32.1. The summed E-state index contributed by atoms with van der Waals surface area (Å²) in [6, 6.07) is 8.19. The Balaban J connectivity index is 0.000000406. The van der Waals surface area contributed by atoms with E-state index in [1.807, 2.05) is 6.07 Å². The molecule has 12 heteroatoms. The summed E-state index contributed by atoms with van der Waals surface area (Å²) in [5.74, 6) is -2.35. The standard InChI is InChI=1S/C20H23FN4OS.C2HF3O2/c1-20(11-22)7-2-8-25(12-20)10-17-23-15-9-16(27-18(15)19(26)24-17)13-3-5-14(21)6-4-13;3-2(4,5)1(6)7/h3-6,9H,2,7-8,10-12,22H2,1H3,(H,23,24,26);(H,6,7). The Morgan fingerprint density at radius 2 is 1.97 bits per heavy atom. The molecule has 4 N–H and O–H groups in total. The van der Waals surface area contributed by atoms with Gasteiger partial charge in [-0.1, -0.05) is 19.1 Å². The summed E-state index contributed by atoms with van der Waals surface area (Å²) in [5, 5.41) is 7.12. The van der Waals surface area contributed by atoms with Gasteiger partial charge < -0.3 is 15.8 Å². The summed E-state index contributed by atoms with van der Waals surface area (Å²) in [7, 11) is 0. The molecule has 0 aliphatic carbocycles. The van der Waals surface area contributed by atoms with Gasteiger partial charge in [-0.2, -0.15) is 13.2 Å². The Morgan fingerprint density at radius 1 is 1.32 bits per heavy atom. The lowest BCUT2D eigenvalue weighted by Crippen LogP contribution is -2.45. The minimum Gasteiger partial charge on any atom is -0.475 e. The van der Waals surface area contributed by atoms with Crippen molar-refractivity contribution in [3.63, 3.8) is 0 Å². The highest BCUT2D eigenvalue weighted by Gasteiger charge is 2.38. The Kier molecular flexibility index (Phi) is 7.74. The van der Waals surface area contributed by atoms with Gasteiger partial charge in [-0.25, -0.2) is 14.2 Å². The van der Waals surface area contributed by atoms with E-state index in [0.29, 0.717) is 29.1 Å². The van der Waals surface area contributed by atoms with Gasteiger partial charge in [0.15, 0.2) is 0 Å². The molecule has 2 aromatic heterocycles. The van der Waals surface area contributed by atoms with Crippen molar-refractivity contribution in [1.29, 1.82) is 0 Å². The van der Waals surface area contributed by atoms with Crippen molar-refractivity contribution in [2.75, 3.05) is 19.6 Å². The van der Waals surface area contributed by atoms with Crippen molar-refractivity contribution in [2.24, 2.45) is 11.1 Å². The van der Waals surface area contributed by atoms with Crippen molar-refractivity contribution >= 4 is 27.5 Å². The van der Waals surface area contributed by atoms with E-state index in [1.165, 1.54) is 23.5 Å². The maximum absolute atomic E-state index is 13.2. The lowest BCUT2D eigenvalue weighted by Gasteiger charge is -2.39. The summed E-state index contributed by atoms with van der Waals surface area (Å²) in [5.41, 5.74) is 7.52. The zero-order valence-corrected chi connectivity index (χ0v) is 19.1. The van der Waals surface area contributed by atoms with E-state index in [9.17, 15) is 22.4 Å². The average molecular weight is 501 g/mol. The molecule has 184 valence electrons. The Morgan fingerprint density at radius 3 is 2.56 bits per heavy atom. The number of H-pyrrole nitrogens is 1. The number of fused-ring (bicyclic) bond motifs is 1. The third-order valence-corrected chi connectivity index (χ3v) is 6.70. The number of carboxylic acids is 1. The van der Waals surface area contributed by atoms with E-state index in [2.05, 4.69) is 21.8 Å². The quantitative estimate of drug-likeness (QED) is 0.467. The number of alkyl halides is 3. The number of carboxylic acid groups (broad SMARTS) is 1. The number of nitrogens with zero attached hydrogens (tertiary/aromatic N) is 2. The molecule has 1 aromatic carbocycles. The van der Waals surface area contributed by atoms with Crippen molar-refractivity contribution in [3.05, 3.63) is 52.3 Å². The van der Waals surface area contributed by atoms with E-state index in [1.54, 1.807) is 12.1 Å². The summed E-state index contributed by atoms with van der Waals surface area (Å²) < 4.78 is 45.5. The molecule has 34 heavy (non-hydrogen) atoms. The number of nitrogens with one attached hydrogen (secondary N) is 1. The minimum absolute atomic E-state index is 0.119. The lowest BCUT2D eigenvalue weighted by atomic mass is 9.82. The number of hydrogen-bond acceptors (Lipinski definition) is 6. The van der Waals surface area contributed by atoms with E-state index >= 15 is 0 Å². The number of thiophene rings is 1. The van der Waals surface area contributed by atoms with Crippen molar-refractivity contribution in [1.82, 2.24) is 14.9 Å². The number of aliphatic carboxylic acids is 1. The van der Waals surface area contributed by atoms with Gasteiger partial charge in [0.2, 0.25) is 0 Å². The molecule has 7 nitrogen and oxygen atoms in total. The monoisotopic (exact) mass is 500 g/mol. The molecular weight excluding hydrogens is 476 g/mol. The molecule has 3 heterocycles. The smallest absolute Gasteiger partial charge is 0.475 e. The van der Waals surface area contributed by atoms with Gasteiger partial charge in [-0.05, 0) is 55.1 Å². The van der Waals surface area contributed by atoms with Crippen LogP contribution in [0.15, 0.2) is 35.1 Å². The molecule has 4 rings (SSSR count). The number of hydrogen-bond donors (Lipinski definition) is 3. The van der Waals surface area contributed by atoms with Crippen LogP contribution in [0.25, 0.3) is 20.7 Å². The Hall–Kier alpha value is -2.83. The second-order valence-corrected chi connectivity index (χ2v) is 9.53. The Labute approximate surface area is 196 Å². The van der Waals surface area contributed by atoms with E-state index in [4.69, 9.17) is 15.6 Å². The van der Waals surface area contributed by atoms with Crippen LogP contribution in [0.1, 0.15) is 25.6 Å². The first kappa shape index (κ1) is 25.8. The van der Waals surface area contributed by atoms with Crippen molar-refractivity contribution in [2.45, 2.75) is 32.5 Å². The summed E-state index contributed by atoms with van der Waals surface area (Å²) >= 11 is 1.38. The van der Waals surface area contributed by atoms with Crippen LogP contribution in [0.2, 0.25) is 0 Å². The van der Waals surface area contributed by atoms with Gasteiger partial charge in [-0.15, -0.1) is 11.3 Å². The minimum atomic E-state index is -5.08. The molecule has 0 radical (unpaired) electrons. The maximum atomic E-state index is 13.2. The van der Waals surface area contributed by atoms with Crippen LogP contribution in [0.3, 0.4) is 0 Å². The number of halogens is 4. The van der Waals surface area contributed by atoms with Crippen LogP contribution in [0, 0.1) is 11.2 Å². The first-order chi connectivity index (χ1) is 15.9. The summed E-state index contributed by atoms with van der Waals surface area (Å²) in [6.07, 6.45) is -2.85. The molecule has 0 amide bonds. The van der Waals surface area contributed by atoms with Crippen LogP contribution < -0.4 is 11.3 Å². The SMILES string of the molecule is CC1(CN)CCCN(Cc2nc3cc(-c4ccc(F)cc4)sc3c(=O)[nH]2)C1.O=C(O)C(F)(F)F. The topological polar surface area (TPSA) is 112 Å². The molecule has 1 unspecified atom stereocenters. The van der Waals surface area contributed by atoms with Gasteiger partial charge in [0.25, 0.3) is 5.56 Å². The highest BCUT2D eigenvalue weighted by Crippen LogP contribution is 2.32. The predicted octanol–water partition coefficient (Wildman–Crippen LogP) is 3.98. The molecule has 1 saturated heterocycles. The molecule has 1 fully saturated rings. The van der Waals surface area contributed by atoms with Gasteiger partial charge in [0.1, 0.15) is 16.3 Å². The molecule has 1 aliphatic rings. The number of rotatable bonds is 4. The van der Waals surface area contributed by atoms with Gasteiger partial charge in [-0.3, -0.25) is 9.69 Å². The average Bonchev–Trinajstić information content (AvgIpc) is 3.19. The van der Waals surface area contributed by atoms with Gasteiger partial charge in [0.05, 0.1) is 12.1 Å². The third kappa shape index (κ3) is 6.39. The lowest BCUT2D eigenvalue weighted by molar-refractivity contribution is -0.192. The van der Waals surface area contributed by atoms with E-state index in [-0.39, 0.29) is 16.8 Å². The molecular formula is C22H24F4N4O3S. The van der Waals surface area contributed by atoms with Crippen LogP contribution in [-0.4, -0.2) is 51.8 Å². The fraction of sp³-hybridized carbons (Fsp3) is 0.409. The first-order valence-corrected chi connectivity index (χ1v) is 11.2. The van der Waals surface area contributed by atoms with Crippen LogP contribution in [0.5, 0.6) is 0 Å². The van der Waals surface area contributed by atoms with Crippen LogP contribution in [0.4, 0.5) is 17.6 Å². The van der Waals surface area contributed by atoms with Crippen LogP contribution >= 0.6 is 11.3 Å². The number of aromatic amines is 1. The molecule has 0 bridgehead atoms. The molecule has 3 aromatic rings. The second-order valence-electron chi connectivity index (χ2n) is 8.48. The summed E-state index contributed by atoms with van der Waals surface area (Å²) in [6.45, 7) is 5.39. The highest BCUT2D eigenvalue weighted by molar-refractivity contribution is 7.22.